The van der Waals surface area contributed by atoms with Gasteiger partial charge in [0.2, 0.25) is 6.54 Å². The van der Waals surface area contributed by atoms with Crippen LogP contribution in [0.1, 0.15) is 6.92 Å². The Labute approximate surface area is 62.0 Å². The number of nitrogens with zero attached hydrogens (tertiary/aromatic N) is 1. The molecule has 6 nitrogen and oxygen atoms in total. The molecule has 0 rings (SSSR count). The van der Waals surface area contributed by atoms with E-state index in [9.17, 15) is 19.7 Å². The minimum absolute atomic E-state index is 0.700. The molecule has 1 N–H and O–H groups in total. The zero-order valence-corrected chi connectivity index (χ0v) is 5.81. The quantitative estimate of drug-likeness (QED) is 0.342. The average molecular weight is 161 g/mol. The number of hydrogen-bond donors (Lipinski definition) is 1. The predicted octanol–water partition coefficient (Wildman–Crippen LogP) is -0.447. The van der Waals surface area contributed by atoms with E-state index in [0.29, 0.717) is 0 Å². The third-order valence-electron chi connectivity index (χ3n) is 1.12. The molecule has 0 bridgehead atoms. The number of carbonyl (C=O) groups excluding carboxylic acids is 1. The van der Waals surface area contributed by atoms with Crippen molar-refractivity contribution in [3.63, 3.8) is 0 Å². The largest absolute Gasteiger partial charge is 0.481 e. The Morgan fingerprint density at radius 2 is 2.09 bits per heavy atom. The monoisotopic (exact) mass is 161 g/mol. The van der Waals surface area contributed by atoms with Crippen LogP contribution in [-0.4, -0.2) is 28.3 Å². The number of carboxylic acids is 1. The van der Waals surface area contributed by atoms with Gasteiger partial charge in [-0.1, -0.05) is 0 Å². The normalized spacial score (nSPS) is 12.1. The summed E-state index contributed by atoms with van der Waals surface area (Å²) >= 11 is 0. The summed E-state index contributed by atoms with van der Waals surface area (Å²) in [6, 6.07) is 0. The van der Waals surface area contributed by atoms with E-state index in [4.69, 9.17) is 5.11 Å². The van der Waals surface area contributed by atoms with Crippen LogP contribution in [-0.2, 0) is 9.59 Å². The Balaban J connectivity index is 4.23. The SMILES string of the molecule is CC(=O)C(C[N+](=O)[O-])C(=O)O. The first-order valence-electron chi connectivity index (χ1n) is 2.80. The van der Waals surface area contributed by atoms with Crippen molar-refractivity contribution >= 4 is 11.8 Å². The molecule has 0 aliphatic heterocycles. The summed E-state index contributed by atoms with van der Waals surface area (Å²) in [5, 5.41) is 18.1. The molecule has 0 fully saturated rings. The third kappa shape index (κ3) is 3.29. The molecule has 0 radical (unpaired) electrons. The Morgan fingerprint density at radius 1 is 1.64 bits per heavy atom. The molecule has 62 valence electrons. The highest BCUT2D eigenvalue weighted by molar-refractivity contribution is 5.96. The van der Waals surface area contributed by atoms with E-state index in [1.807, 2.05) is 0 Å². The molecule has 0 aliphatic carbocycles. The lowest BCUT2D eigenvalue weighted by Crippen LogP contribution is -2.28. The van der Waals surface area contributed by atoms with Crippen molar-refractivity contribution in [3.05, 3.63) is 10.1 Å². The molecule has 0 aromatic heterocycles. The Bertz CT molecular complexity index is 185. The summed E-state index contributed by atoms with van der Waals surface area (Å²) in [6.07, 6.45) is 0. The second kappa shape index (κ2) is 3.65. The predicted molar refractivity (Wildman–Crippen MR) is 33.7 cm³/mol. The van der Waals surface area contributed by atoms with Gasteiger partial charge in [-0.3, -0.25) is 19.7 Å². The van der Waals surface area contributed by atoms with Gasteiger partial charge in [0, 0.05) is 4.92 Å². The lowest BCUT2D eigenvalue weighted by atomic mass is 10.1. The molecule has 6 heteroatoms. The number of hydrogen-bond acceptors (Lipinski definition) is 4. The number of carbonyl (C=O) groups is 2. The summed E-state index contributed by atoms with van der Waals surface area (Å²) < 4.78 is 0. The minimum atomic E-state index is -1.51. The topological polar surface area (TPSA) is 97.5 Å². The van der Waals surface area contributed by atoms with Gasteiger partial charge in [-0.2, -0.15) is 0 Å². The number of ketones is 1. The van der Waals surface area contributed by atoms with Gasteiger partial charge in [0.25, 0.3) is 0 Å². The smallest absolute Gasteiger partial charge is 0.320 e. The highest BCUT2D eigenvalue weighted by Gasteiger charge is 2.27. The fourth-order valence-electron chi connectivity index (χ4n) is 0.530. The van der Waals surface area contributed by atoms with E-state index in [2.05, 4.69) is 0 Å². The van der Waals surface area contributed by atoms with E-state index in [1.54, 1.807) is 0 Å². The lowest BCUT2D eigenvalue weighted by molar-refractivity contribution is -0.483. The van der Waals surface area contributed by atoms with Gasteiger partial charge in [0.1, 0.15) is 0 Å². The molecule has 0 aromatic rings. The summed E-state index contributed by atoms with van der Waals surface area (Å²) in [7, 11) is 0. The van der Waals surface area contributed by atoms with Crippen molar-refractivity contribution in [2.75, 3.05) is 6.54 Å². The van der Waals surface area contributed by atoms with Crippen molar-refractivity contribution in [1.29, 1.82) is 0 Å². The average Bonchev–Trinajstić information content (AvgIpc) is 1.81. The van der Waals surface area contributed by atoms with Crippen LogP contribution in [0.3, 0.4) is 0 Å². The fourth-order valence-corrected chi connectivity index (χ4v) is 0.530. The van der Waals surface area contributed by atoms with Gasteiger partial charge >= 0.3 is 5.97 Å². The van der Waals surface area contributed by atoms with Crippen LogP contribution in [0, 0.1) is 16.0 Å². The van der Waals surface area contributed by atoms with Crippen molar-refractivity contribution < 1.29 is 19.6 Å². The molecule has 0 saturated carbocycles. The van der Waals surface area contributed by atoms with Crippen molar-refractivity contribution in [1.82, 2.24) is 0 Å². The van der Waals surface area contributed by atoms with E-state index in [0.717, 1.165) is 6.92 Å². The van der Waals surface area contributed by atoms with E-state index >= 15 is 0 Å². The van der Waals surface area contributed by atoms with E-state index in [1.165, 1.54) is 0 Å². The van der Waals surface area contributed by atoms with Crippen molar-refractivity contribution in [2.24, 2.45) is 5.92 Å². The standard InChI is InChI=1S/C5H7NO5/c1-3(7)4(5(8)9)2-6(10)11/h4H,2H2,1H3,(H,8,9). The summed E-state index contributed by atoms with van der Waals surface area (Å²) in [6.45, 7) is 0.174. The van der Waals surface area contributed by atoms with Crippen LogP contribution < -0.4 is 0 Å². The second-order valence-electron chi connectivity index (χ2n) is 2.02. The first-order chi connectivity index (χ1) is 4.95. The van der Waals surface area contributed by atoms with Gasteiger partial charge < -0.3 is 5.11 Å². The maximum absolute atomic E-state index is 10.4. The molecule has 0 aromatic carbocycles. The number of rotatable bonds is 4. The maximum Gasteiger partial charge on any atom is 0.320 e. The molecular formula is C5H7NO5. The van der Waals surface area contributed by atoms with Crippen LogP contribution >= 0.6 is 0 Å². The van der Waals surface area contributed by atoms with Crippen LogP contribution in [0.15, 0.2) is 0 Å². The van der Waals surface area contributed by atoms with Gasteiger partial charge in [-0.05, 0) is 6.92 Å². The van der Waals surface area contributed by atoms with Crippen LogP contribution in [0.25, 0.3) is 0 Å². The molecule has 0 spiro atoms. The Kier molecular flexibility index (Phi) is 3.16. The van der Waals surface area contributed by atoms with E-state index < -0.39 is 29.1 Å². The minimum Gasteiger partial charge on any atom is -0.481 e. The van der Waals surface area contributed by atoms with Crippen LogP contribution in [0.5, 0.6) is 0 Å². The van der Waals surface area contributed by atoms with Gasteiger partial charge in [-0.15, -0.1) is 0 Å². The Morgan fingerprint density at radius 3 is 2.18 bits per heavy atom. The van der Waals surface area contributed by atoms with E-state index in [-0.39, 0.29) is 0 Å². The highest BCUT2D eigenvalue weighted by Crippen LogP contribution is 1.98. The number of aliphatic carboxylic acids is 1. The lowest BCUT2D eigenvalue weighted by Gasteiger charge is -2.00. The number of Topliss-reactive ketones (excluding diaryl/α,β-unsaturated/α-hetero) is 1. The first-order valence-corrected chi connectivity index (χ1v) is 2.80. The van der Waals surface area contributed by atoms with Crippen molar-refractivity contribution in [2.45, 2.75) is 6.92 Å². The molecule has 1 unspecified atom stereocenters. The summed E-state index contributed by atoms with van der Waals surface area (Å²) in [4.78, 5) is 29.6. The molecule has 0 amide bonds. The van der Waals surface area contributed by atoms with Gasteiger partial charge in [0.15, 0.2) is 11.7 Å². The molecule has 0 aliphatic rings. The Hall–Kier alpha value is -1.46. The van der Waals surface area contributed by atoms with Gasteiger partial charge in [0.05, 0.1) is 0 Å². The fraction of sp³-hybridized carbons (Fsp3) is 0.600. The molecule has 11 heavy (non-hydrogen) atoms. The number of nitro groups is 1. The third-order valence-corrected chi connectivity index (χ3v) is 1.12. The summed E-state index contributed by atoms with van der Waals surface area (Å²) in [5.74, 6) is -3.66. The molecule has 0 heterocycles. The van der Waals surface area contributed by atoms with Crippen LogP contribution in [0.2, 0.25) is 0 Å². The molecule has 0 saturated heterocycles. The molecular weight excluding hydrogens is 154 g/mol. The van der Waals surface area contributed by atoms with Crippen LogP contribution in [0.4, 0.5) is 0 Å². The van der Waals surface area contributed by atoms with Crippen molar-refractivity contribution in [3.8, 4) is 0 Å². The zero-order chi connectivity index (χ0) is 9.02. The maximum atomic E-state index is 10.4. The van der Waals surface area contributed by atoms with Gasteiger partial charge in [-0.25, -0.2) is 0 Å². The zero-order valence-electron chi connectivity index (χ0n) is 5.81. The highest BCUT2D eigenvalue weighted by atomic mass is 16.6. The second-order valence-corrected chi connectivity index (χ2v) is 2.02. The first kappa shape index (κ1) is 9.54. The summed E-state index contributed by atoms with van der Waals surface area (Å²) in [5.41, 5.74) is 0. The molecule has 1 atom stereocenters. The number of carboxylic acid groups (broad SMARTS) is 1.